The van der Waals surface area contributed by atoms with E-state index in [0.717, 1.165) is 11.3 Å². The molecule has 146 valence electrons. The molecule has 0 saturated heterocycles. The number of carbonyl (C=O) groups is 1. The molecule has 1 atom stereocenters. The Morgan fingerprint density at radius 3 is 2.86 bits per heavy atom. The third kappa shape index (κ3) is 5.05. The minimum atomic E-state index is -0.364. The van der Waals surface area contributed by atoms with Crippen molar-refractivity contribution in [2.24, 2.45) is 0 Å². The molecule has 8 heteroatoms. The van der Waals surface area contributed by atoms with Crippen LogP contribution in [-0.4, -0.2) is 27.5 Å². The highest BCUT2D eigenvalue weighted by molar-refractivity contribution is 8.00. The minimum Gasteiger partial charge on any atom is -0.469 e. The Labute approximate surface area is 171 Å². The highest BCUT2D eigenvalue weighted by atomic mass is 35.5. The second-order valence-electron chi connectivity index (χ2n) is 6.24. The van der Waals surface area contributed by atoms with Crippen LogP contribution in [0.1, 0.15) is 18.2 Å². The summed E-state index contributed by atoms with van der Waals surface area (Å²) in [7, 11) is 0. The molecule has 0 aliphatic rings. The van der Waals surface area contributed by atoms with Crippen LogP contribution in [0.3, 0.4) is 0 Å². The van der Waals surface area contributed by atoms with E-state index < -0.39 is 0 Å². The molecule has 6 nitrogen and oxygen atoms in total. The molecule has 28 heavy (non-hydrogen) atoms. The van der Waals surface area contributed by atoms with Crippen molar-refractivity contribution in [2.75, 3.05) is 6.54 Å². The third-order valence-corrected chi connectivity index (χ3v) is 5.53. The number of furan rings is 1. The van der Waals surface area contributed by atoms with Gasteiger partial charge in [0.05, 0.1) is 17.2 Å². The number of thioether (sulfide) groups is 1. The molecular formula is C20H20ClN3O3S. The largest absolute Gasteiger partial charge is 0.469 e. The van der Waals surface area contributed by atoms with Crippen LogP contribution < -0.4 is 10.9 Å². The number of rotatable bonds is 7. The number of hydrogen-bond acceptors (Lipinski definition) is 5. The maximum Gasteiger partial charge on any atom is 0.271 e. The van der Waals surface area contributed by atoms with Gasteiger partial charge in [0.2, 0.25) is 5.91 Å². The van der Waals surface area contributed by atoms with Gasteiger partial charge in [0.1, 0.15) is 10.8 Å². The van der Waals surface area contributed by atoms with Crippen molar-refractivity contribution >= 4 is 29.3 Å². The minimum absolute atomic E-state index is 0.102. The molecule has 0 saturated carbocycles. The quantitative estimate of drug-likeness (QED) is 0.594. The van der Waals surface area contributed by atoms with E-state index in [9.17, 15) is 9.59 Å². The molecule has 3 rings (SSSR count). The second kappa shape index (κ2) is 9.12. The first-order valence-electron chi connectivity index (χ1n) is 8.77. The van der Waals surface area contributed by atoms with Crippen molar-refractivity contribution in [3.8, 4) is 5.69 Å². The van der Waals surface area contributed by atoms with E-state index in [2.05, 4.69) is 10.4 Å². The molecular weight excluding hydrogens is 398 g/mol. The first kappa shape index (κ1) is 20.2. The molecule has 0 aliphatic carbocycles. The molecule has 0 spiro atoms. The van der Waals surface area contributed by atoms with Crippen molar-refractivity contribution in [3.63, 3.8) is 0 Å². The first-order chi connectivity index (χ1) is 13.4. The van der Waals surface area contributed by atoms with Gasteiger partial charge >= 0.3 is 0 Å². The lowest BCUT2D eigenvalue weighted by atomic mass is 10.2. The molecule has 0 bridgehead atoms. The van der Waals surface area contributed by atoms with Gasteiger partial charge in [-0.2, -0.15) is 9.78 Å². The van der Waals surface area contributed by atoms with Crippen LogP contribution in [0.4, 0.5) is 0 Å². The molecule has 2 heterocycles. The summed E-state index contributed by atoms with van der Waals surface area (Å²) in [6.07, 6.45) is 2.24. The van der Waals surface area contributed by atoms with E-state index in [1.54, 1.807) is 31.4 Å². The summed E-state index contributed by atoms with van der Waals surface area (Å²) >= 11 is 7.44. The number of benzene rings is 1. The Morgan fingerprint density at radius 2 is 2.14 bits per heavy atom. The summed E-state index contributed by atoms with van der Waals surface area (Å²) in [5.74, 6) is 0.723. The van der Waals surface area contributed by atoms with Crippen LogP contribution in [0.5, 0.6) is 0 Å². The van der Waals surface area contributed by atoms with E-state index in [0.29, 0.717) is 28.7 Å². The summed E-state index contributed by atoms with van der Waals surface area (Å²) in [6, 6.07) is 12.1. The number of hydrogen-bond donors (Lipinski definition) is 1. The van der Waals surface area contributed by atoms with Crippen molar-refractivity contribution in [2.45, 2.75) is 30.5 Å². The smallest absolute Gasteiger partial charge is 0.271 e. The summed E-state index contributed by atoms with van der Waals surface area (Å²) in [4.78, 5) is 24.5. The Morgan fingerprint density at radius 1 is 1.32 bits per heavy atom. The molecule has 0 fully saturated rings. The second-order valence-corrected chi connectivity index (χ2v) is 8.00. The lowest BCUT2D eigenvalue weighted by Crippen LogP contribution is -2.32. The zero-order valence-corrected chi connectivity index (χ0v) is 17.1. The van der Waals surface area contributed by atoms with Crippen LogP contribution in [0.2, 0.25) is 5.02 Å². The molecule has 1 N–H and O–H groups in total. The van der Waals surface area contributed by atoms with Crippen LogP contribution >= 0.6 is 23.4 Å². The van der Waals surface area contributed by atoms with Gasteiger partial charge in [0, 0.05) is 24.1 Å². The highest BCUT2D eigenvalue weighted by Gasteiger charge is 2.16. The monoisotopic (exact) mass is 417 g/mol. The standard InChI is InChI=1S/C20H20ClN3O3S/c1-13-5-6-15(12-17(13)21)24-19(25)8-7-18(23-24)28-14(2)20(26)22-10-9-16-4-3-11-27-16/h3-8,11-12,14H,9-10H2,1-2H3,(H,22,26)/t14-/m0/s1. The van der Waals surface area contributed by atoms with Crippen molar-refractivity contribution in [1.29, 1.82) is 0 Å². The predicted molar refractivity (Wildman–Crippen MR) is 110 cm³/mol. The SMILES string of the molecule is Cc1ccc(-n2nc(S[C@@H](C)C(=O)NCCc3ccco3)ccc2=O)cc1Cl. The molecule has 1 amide bonds. The average molecular weight is 418 g/mol. The molecule has 0 radical (unpaired) electrons. The lowest BCUT2D eigenvalue weighted by Gasteiger charge is -2.12. The van der Waals surface area contributed by atoms with Crippen LogP contribution in [-0.2, 0) is 11.2 Å². The maximum atomic E-state index is 12.3. The first-order valence-corrected chi connectivity index (χ1v) is 10.0. The normalized spacial score (nSPS) is 12.0. The predicted octanol–water partition coefficient (Wildman–Crippen LogP) is 3.63. The zero-order chi connectivity index (χ0) is 20.1. The number of aryl methyl sites for hydroxylation is 1. The zero-order valence-electron chi connectivity index (χ0n) is 15.5. The number of nitrogens with zero attached hydrogens (tertiary/aromatic N) is 2. The van der Waals surface area contributed by atoms with E-state index in [-0.39, 0.29) is 16.7 Å². The van der Waals surface area contributed by atoms with Crippen molar-refractivity contribution in [3.05, 3.63) is 75.4 Å². The van der Waals surface area contributed by atoms with Gasteiger partial charge < -0.3 is 9.73 Å². The average Bonchev–Trinajstić information content (AvgIpc) is 3.19. The lowest BCUT2D eigenvalue weighted by molar-refractivity contribution is -0.120. The van der Waals surface area contributed by atoms with E-state index in [1.165, 1.54) is 22.5 Å². The Kier molecular flexibility index (Phi) is 6.59. The summed E-state index contributed by atoms with van der Waals surface area (Å²) in [5, 5.41) is 8.02. The van der Waals surface area contributed by atoms with Gasteiger partial charge in [0.15, 0.2) is 0 Å². The Hall–Kier alpha value is -2.51. The van der Waals surface area contributed by atoms with E-state index in [4.69, 9.17) is 16.0 Å². The van der Waals surface area contributed by atoms with Crippen molar-refractivity contribution < 1.29 is 9.21 Å². The molecule has 3 aromatic rings. The fourth-order valence-corrected chi connectivity index (χ4v) is 3.50. The van der Waals surface area contributed by atoms with Gasteiger partial charge in [-0.25, -0.2) is 0 Å². The summed E-state index contributed by atoms with van der Waals surface area (Å²) < 4.78 is 6.53. The fourth-order valence-electron chi connectivity index (χ4n) is 2.50. The molecule has 0 unspecified atom stereocenters. The molecule has 1 aromatic carbocycles. The van der Waals surface area contributed by atoms with E-state index >= 15 is 0 Å². The number of aromatic nitrogens is 2. The van der Waals surface area contributed by atoms with Gasteiger partial charge in [-0.3, -0.25) is 9.59 Å². The van der Waals surface area contributed by atoms with Gasteiger partial charge in [0.25, 0.3) is 5.56 Å². The number of amides is 1. The van der Waals surface area contributed by atoms with Gasteiger partial charge in [-0.05, 0) is 49.7 Å². The van der Waals surface area contributed by atoms with Gasteiger partial charge in [-0.1, -0.05) is 29.4 Å². The fraction of sp³-hybridized carbons (Fsp3) is 0.250. The highest BCUT2D eigenvalue weighted by Crippen LogP contribution is 2.22. The molecule has 2 aromatic heterocycles. The maximum absolute atomic E-state index is 12.3. The summed E-state index contributed by atoms with van der Waals surface area (Å²) in [5.41, 5.74) is 1.24. The number of halogens is 1. The van der Waals surface area contributed by atoms with E-state index in [1.807, 2.05) is 25.1 Å². The van der Waals surface area contributed by atoms with Crippen LogP contribution in [0.15, 0.2) is 63.0 Å². The van der Waals surface area contributed by atoms with Crippen LogP contribution in [0.25, 0.3) is 5.69 Å². The summed E-state index contributed by atoms with van der Waals surface area (Å²) in [6.45, 7) is 4.18. The topological polar surface area (TPSA) is 77.1 Å². The Bertz CT molecular complexity index is 1020. The third-order valence-electron chi connectivity index (χ3n) is 4.09. The number of nitrogens with one attached hydrogen (secondary N) is 1. The van der Waals surface area contributed by atoms with Crippen molar-refractivity contribution in [1.82, 2.24) is 15.1 Å². The molecule has 0 aliphatic heterocycles. The Balaban J connectivity index is 1.65. The van der Waals surface area contributed by atoms with Gasteiger partial charge in [-0.15, -0.1) is 0 Å². The van der Waals surface area contributed by atoms with Crippen LogP contribution in [0, 0.1) is 6.92 Å². The number of carbonyl (C=O) groups excluding carboxylic acids is 1.